The molecule has 0 amide bonds. The van der Waals surface area contributed by atoms with Gasteiger partial charge in [-0.2, -0.15) is 0 Å². The summed E-state index contributed by atoms with van der Waals surface area (Å²) in [6, 6.07) is 35.2. The van der Waals surface area contributed by atoms with Gasteiger partial charge in [0.05, 0.1) is 23.2 Å². The second kappa shape index (κ2) is 30.2. The number of fused-ring (bicyclic) bond motifs is 2. The molecule has 2 heterocycles. The predicted octanol–water partition coefficient (Wildman–Crippen LogP) is 16.1. The van der Waals surface area contributed by atoms with Crippen LogP contribution in [0.4, 0.5) is 0 Å². The van der Waals surface area contributed by atoms with Crippen LogP contribution in [0.25, 0.3) is 0 Å². The van der Waals surface area contributed by atoms with Crippen LogP contribution in [0.3, 0.4) is 0 Å². The largest absolute Gasteiger partial charge is 0.457 e. The highest BCUT2D eigenvalue weighted by Gasteiger charge is 2.59. The van der Waals surface area contributed by atoms with E-state index in [2.05, 4.69) is 111 Å². The number of ether oxygens (including phenoxy) is 2. The Balaban J connectivity index is 0.000000234. The molecule has 438 valence electrons. The normalized spacial score (nSPS) is 21.6. The summed E-state index contributed by atoms with van der Waals surface area (Å²) < 4.78 is 50.6. The van der Waals surface area contributed by atoms with Crippen LogP contribution in [-0.4, -0.2) is 79.0 Å². The minimum Gasteiger partial charge on any atom is -0.457 e. The number of rotatable bonds is 21. The highest BCUT2D eigenvalue weighted by atomic mass is 31.2. The second-order valence-corrected chi connectivity index (χ2v) is 28.2. The van der Waals surface area contributed by atoms with Crippen LogP contribution in [0, 0.1) is 13.8 Å². The van der Waals surface area contributed by atoms with Gasteiger partial charge in [-0.05, 0) is 117 Å². The molecule has 0 spiro atoms. The number of carbonyl (C=O) groups excluding carboxylic acids is 2. The van der Waals surface area contributed by atoms with Crippen molar-refractivity contribution in [1.29, 1.82) is 0 Å². The van der Waals surface area contributed by atoms with Crippen LogP contribution >= 0.6 is 15.2 Å². The predicted molar refractivity (Wildman–Crippen MR) is 330 cm³/mol. The van der Waals surface area contributed by atoms with Crippen molar-refractivity contribution in [2.75, 3.05) is 0 Å². The van der Waals surface area contributed by atoms with Gasteiger partial charge in [-0.1, -0.05) is 199 Å². The molecule has 4 fully saturated rings. The van der Waals surface area contributed by atoms with Gasteiger partial charge in [0, 0.05) is 48.3 Å². The van der Waals surface area contributed by atoms with Crippen molar-refractivity contribution in [1.82, 2.24) is 28.9 Å². The van der Waals surface area contributed by atoms with Gasteiger partial charge in [-0.25, -0.2) is 38.4 Å². The second-order valence-electron chi connectivity index (χ2n) is 23.6. The summed E-state index contributed by atoms with van der Waals surface area (Å²) in [5.74, 6) is -0.977. The van der Waals surface area contributed by atoms with E-state index >= 15 is 9.13 Å². The minimum absolute atomic E-state index is 0.0876. The van der Waals surface area contributed by atoms with Gasteiger partial charge in [0.15, 0.2) is 0 Å². The van der Waals surface area contributed by atoms with Crippen molar-refractivity contribution in [3.8, 4) is 0 Å². The lowest BCUT2D eigenvalue weighted by Crippen LogP contribution is -2.43. The lowest BCUT2D eigenvalue weighted by Gasteiger charge is -2.39. The Kier molecular flexibility index (Phi) is 24.4. The third kappa shape index (κ3) is 15.8. The Labute approximate surface area is 482 Å². The Bertz CT molecular complexity index is 2460. The molecule has 2 aliphatic carbocycles. The van der Waals surface area contributed by atoms with Crippen molar-refractivity contribution in [2.24, 2.45) is 0 Å². The first-order valence-corrected chi connectivity index (χ1v) is 33.2. The van der Waals surface area contributed by atoms with Crippen molar-refractivity contribution in [3.63, 3.8) is 0 Å². The third-order valence-electron chi connectivity index (χ3n) is 16.1. The molecule has 0 radical (unpaired) electrons. The zero-order chi connectivity index (χ0) is 58.3. The highest BCUT2D eigenvalue weighted by molar-refractivity contribution is 7.57. The Hall–Kier alpha value is -4.48. The summed E-state index contributed by atoms with van der Waals surface area (Å²) in [4.78, 5) is 26.6. The van der Waals surface area contributed by atoms with Crippen LogP contribution in [0.1, 0.15) is 192 Å². The number of benzene rings is 4. The fourth-order valence-electron chi connectivity index (χ4n) is 12.4. The van der Waals surface area contributed by atoms with E-state index in [9.17, 15) is 9.59 Å². The highest BCUT2D eigenvalue weighted by Crippen LogP contribution is 2.65. The number of unbranched alkanes of at least 4 members (excludes halogenated alkanes) is 3. The van der Waals surface area contributed by atoms with Crippen LogP contribution < -0.4 is 10.2 Å². The summed E-state index contributed by atoms with van der Waals surface area (Å²) >= 11 is 0. The molecule has 0 aromatic heterocycles. The molecule has 0 unspecified atom stereocenters. The number of nitrogens with one attached hydrogen (secondary N) is 2. The molecule has 2 aliphatic heterocycles. The van der Waals surface area contributed by atoms with Gasteiger partial charge >= 0.3 is 11.9 Å². The number of aryl methyl sites for hydroxylation is 2. The smallest absolute Gasteiger partial charge is 0.335 e. The van der Waals surface area contributed by atoms with Crippen molar-refractivity contribution in [3.05, 3.63) is 167 Å². The minimum atomic E-state index is -3.26. The number of hydrogen-bond acceptors (Lipinski definition) is 6. The van der Waals surface area contributed by atoms with Gasteiger partial charge < -0.3 is 9.47 Å². The van der Waals surface area contributed by atoms with Crippen molar-refractivity contribution in [2.45, 2.75) is 234 Å². The molecule has 12 nitrogen and oxygen atoms in total. The molecular weight excluding hydrogens is 1030 g/mol. The molecule has 2 saturated carbocycles. The lowest BCUT2D eigenvalue weighted by molar-refractivity contribution is -0.141. The van der Waals surface area contributed by atoms with E-state index in [0.717, 1.165) is 84.7 Å². The van der Waals surface area contributed by atoms with Crippen molar-refractivity contribution >= 4 is 27.1 Å². The summed E-state index contributed by atoms with van der Waals surface area (Å²) in [6.45, 7) is 34.1. The van der Waals surface area contributed by atoms with E-state index in [0.29, 0.717) is 0 Å². The fourth-order valence-corrected chi connectivity index (χ4v) is 19.9. The Morgan fingerprint density at radius 3 is 1.01 bits per heavy atom. The average Bonchev–Trinajstić information content (AvgIpc) is 3.89. The topological polar surface area (TPSA) is 124 Å². The third-order valence-corrected chi connectivity index (χ3v) is 22.9. The summed E-state index contributed by atoms with van der Waals surface area (Å²) in [7, 11) is -6.53. The quantitative estimate of drug-likeness (QED) is 0.0357. The molecule has 6 atom stereocenters. The molecule has 4 aromatic rings. The van der Waals surface area contributed by atoms with Gasteiger partial charge in [0.2, 0.25) is 0 Å². The van der Waals surface area contributed by atoms with Gasteiger partial charge in [0.25, 0.3) is 15.2 Å². The molecule has 4 aliphatic rings. The molecule has 2 N–H and O–H groups in total. The zero-order valence-corrected chi connectivity index (χ0v) is 52.4. The van der Waals surface area contributed by atoms with E-state index in [-0.39, 0.29) is 72.7 Å². The van der Waals surface area contributed by atoms with Crippen LogP contribution in [0.5, 0.6) is 0 Å². The summed E-state index contributed by atoms with van der Waals surface area (Å²) in [5, 5.41) is 7.07. The van der Waals surface area contributed by atoms with Crippen LogP contribution in [0.2, 0.25) is 0 Å². The Morgan fingerprint density at radius 1 is 0.487 bits per heavy atom. The molecule has 80 heavy (non-hydrogen) atoms. The van der Waals surface area contributed by atoms with E-state index < -0.39 is 39.2 Å². The maximum Gasteiger partial charge on any atom is 0.335 e. The summed E-state index contributed by atoms with van der Waals surface area (Å²) in [6.07, 6.45) is 14.3. The molecule has 14 heteroatoms. The number of esters is 2. The Morgan fingerprint density at radius 2 is 0.762 bits per heavy atom. The number of hydrogen-bond donors (Lipinski definition) is 2. The van der Waals surface area contributed by atoms with E-state index in [1.165, 1.54) is 25.7 Å². The maximum absolute atomic E-state index is 15.2. The van der Waals surface area contributed by atoms with E-state index in [1.807, 2.05) is 123 Å². The van der Waals surface area contributed by atoms with Gasteiger partial charge in [-0.3, -0.25) is 9.13 Å². The summed E-state index contributed by atoms with van der Waals surface area (Å²) in [5.41, 5.74) is 6.28. The maximum atomic E-state index is 15.2. The molecular formula is C66H98N6O6P2. The van der Waals surface area contributed by atoms with Crippen LogP contribution in [-0.2, 0) is 41.4 Å². The van der Waals surface area contributed by atoms with Crippen molar-refractivity contribution < 1.29 is 28.2 Å². The fraction of sp³-hybridized carbons (Fsp3) is 0.545. The molecule has 4 aromatic carbocycles. The zero-order valence-electron chi connectivity index (χ0n) is 50.6. The van der Waals surface area contributed by atoms with Gasteiger partial charge in [0.1, 0.15) is 13.2 Å². The number of carbonyl (C=O) groups is 2. The lowest BCUT2D eigenvalue weighted by atomic mass is 9.89. The standard InChI is InChI=1S/2C30H42N3O3P.C6H14/c2*1-21(2)32-27-14-10-11-15-28(27)33(22(3)4)37(32,35)31-29(26-18-16-23(5)17-19-26)24(6)30(34)36-20-25-12-8-7-9-13-25;1-3-5-6-4-2/h2*7-9,12-13,16-19,21-22,27-29H,6,10-11,14-15,20H2,1-5H3,(H,31,35);3-6H2,1-2H3/t2*27-,28-,29-;/m11./s1. The first kappa shape index (κ1) is 64.7. The van der Waals surface area contributed by atoms with Gasteiger partial charge in [-0.15, -0.1) is 0 Å². The molecule has 2 saturated heterocycles. The first-order chi connectivity index (χ1) is 38.2. The number of nitrogens with zero attached hydrogens (tertiary/aromatic N) is 4. The van der Waals surface area contributed by atoms with E-state index in [1.54, 1.807) is 0 Å². The SMILES string of the molecule is C=C(C(=O)OCc1ccccc1)[C@@H](NP1(=O)N(C(C)C)[C@@H]2CCCC[C@H]2N1C(C)C)c1ccc(C)cc1.C=C(C(=O)OCc1ccccc1)[C@@H](NP1(=O)N(C(C)C)[C@@H]2CCCC[C@H]2N1C(C)C)c1ccc(C)cc1.CCCCCC. The molecule has 8 rings (SSSR count). The average molecular weight is 1130 g/mol. The van der Waals surface area contributed by atoms with Crippen LogP contribution in [0.15, 0.2) is 133 Å². The molecule has 0 bridgehead atoms. The monoisotopic (exact) mass is 1130 g/mol. The van der Waals surface area contributed by atoms with E-state index in [4.69, 9.17) is 9.47 Å². The first-order valence-electron chi connectivity index (χ1n) is 30.0.